The highest BCUT2D eigenvalue weighted by atomic mass is 32.2. The maximum Gasteiger partial charge on any atom is 0.315 e. The van der Waals surface area contributed by atoms with Gasteiger partial charge in [0.15, 0.2) is 9.84 Å². The average Bonchev–Trinajstić information content (AvgIpc) is 2.69. The Morgan fingerprint density at radius 1 is 1.37 bits per heavy atom. The third kappa shape index (κ3) is 6.27. The molecule has 0 spiro atoms. The molecular formula is C13H26N2O3S. The van der Waals surface area contributed by atoms with Crippen LogP contribution in [0.3, 0.4) is 0 Å². The van der Waals surface area contributed by atoms with Gasteiger partial charge >= 0.3 is 6.03 Å². The van der Waals surface area contributed by atoms with E-state index in [2.05, 4.69) is 24.5 Å². The minimum Gasteiger partial charge on any atom is -0.338 e. The third-order valence-corrected chi connectivity index (χ3v) is 5.43. The van der Waals surface area contributed by atoms with Gasteiger partial charge in [-0.15, -0.1) is 0 Å². The largest absolute Gasteiger partial charge is 0.338 e. The summed E-state index contributed by atoms with van der Waals surface area (Å²) in [6, 6.07) is -0.460. The molecule has 0 bridgehead atoms. The van der Waals surface area contributed by atoms with Gasteiger partial charge in [0.05, 0.1) is 11.5 Å². The lowest BCUT2D eigenvalue weighted by atomic mass is 9.99. The molecule has 1 fully saturated rings. The van der Waals surface area contributed by atoms with Gasteiger partial charge < -0.3 is 10.6 Å². The fourth-order valence-electron chi connectivity index (χ4n) is 2.33. The predicted molar refractivity (Wildman–Crippen MR) is 76.9 cm³/mol. The first-order valence-electron chi connectivity index (χ1n) is 7.21. The number of rotatable bonds is 7. The molecule has 0 aromatic heterocycles. The lowest BCUT2D eigenvalue weighted by Gasteiger charge is -2.17. The monoisotopic (exact) mass is 290 g/mol. The van der Waals surface area contributed by atoms with Gasteiger partial charge in [-0.3, -0.25) is 0 Å². The Kier molecular flexibility index (Phi) is 6.62. The fraction of sp³-hybridized carbons (Fsp3) is 0.923. The standard InChI is InChI=1S/C13H26N2O3S/c1-3-5-6-11(4-2)9-14-13(16)15-12-7-8-19(17,18)10-12/h11-12H,3-10H2,1-2H3,(H2,14,15,16). The molecule has 1 rings (SSSR count). The average molecular weight is 290 g/mol. The number of sulfone groups is 1. The van der Waals surface area contributed by atoms with E-state index in [0.717, 1.165) is 12.8 Å². The molecule has 0 aliphatic carbocycles. The summed E-state index contributed by atoms with van der Waals surface area (Å²) < 4.78 is 22.6. The molecule has 6 heteroatoms. The number of urea groups is 1. The number of unbranched alkanes of at least 4 members (excludes halogenated alkanes) is 1. The summed E-state index contributed by atoms with van der Waals surface area (Å²) in [5.74, 6) is 0.775. The molecule has 1 heterocycles. The van der Waals surface area contributed by atoms with Crippen LogP contribution >= 0.6 is 0 Å². The fourth-order valence-corrected chi connectivity index (χ4v) is 4.00. The topological polar surface area (TPSA) is 75.3 Å². The SMILES string of the molecule is CCCCC(CC)CNC(=O)NC1CCS(=O)(=O)C1. The molecule has 1 aliphatic heterocycles. The molecular weight excluding hydrogens is 264 g/mol. The zero-order valence-corrected chi connectivity index (χ0v) is 12.8. The van der Waals surface area contributed by atoms with Crippen molar-refractivity contribution in [3.8, 4) is 0 Å². The lowest BCUT2D eigenvalue weighted by molar-refractivity contribution is 0.235. The lowest BCUT2D eigenvalue weighted by Crippen LogP contribution is -2.44. The van der Waals surface area contributed by atoms with E-state index in [1.54, 1.807) is 0 Å². The Bertz CT molecular complexity index is 381. The highest BCUT2D eigenvalue weighted by Crippen LogP contribution is 2.12. The van der Waals surface area contributed by atoms with Crippen LogP contribution in [0.5, 0.6) is 0 Å². The van der Waals surface area contributed by atoms with Crippen molar-refractivity contribution in [1.82, 2.24) is 10.6 Å². The Morgan fingerprint density at radius 2 is 2.11 bits per heavy atom. The van der Waals surface area contributed by atoms with E-state index in [1.165, 1.54) is 12.8 Å². The van der Waals surface area contributed by atoms with Crippen molar-refractivity contribution in [2.24, 2.45) is 5.92 Å². The van der Waals surface area contributed by atoms with Gasteiger partial charge in [0, 0.05) is 12.6 Å². The molecule has 0 aromatic rings. The molecule has 2 unspecified atom stereocenters. The van der Waals surface area contributed by atoms with Crippen molar-refractivity contribution >= 4 is 15.9 Å². The van der Waals surface area contributed by atoms with Crippen molar-refractivity contribution < 1.29 is 13.2 Å². The number of amides is 2. The zero-order chi connectivity index (χ0) is 14.3. The highest BCUT2D eigenvalue weighted by molar-refractivity contribution is 7.91. The molecule has 1 saturated heterocycles. The molecule has 2 amide bonds. The van der Waals surface area contributed by atoms with E-state index >= 15 is 0 Å². The maximum absolute atomic E-state index is 11.7. The number of nitrogens with one attached hydrogen (secondary N) is 2. The summed E-state index contributed by atoms with van der Waals surface area (Å²) in [7, 11) is -2.93. The number of carbonyl (C=O) groups excluding carboxylic acids is 1. The van der Waals surface area contributed by atoms with Crippen LogP contribution in [0.2, 0.25) is 0 Å². The normalized spacial score (nSPS) is 22.9. The van der Waals surface area contributed by atoms with Crippen molar-refractivity contribution in [3.63, 3.8) is 0 Å². The van der Waals surface area contributed by atoms with Crippen LogP contribution < -0.4 is 10.6 Å². The molecule has 19 heavy (non-hydrogen) atoms. The molecule has 112 valence electrons. The minimum atomic E-state index is -2.93. The van der Waals surface area contributed by atoms with Crippen LogP contribution in [0.25, 0.3) is 0 Å². The van der Waals surface area contributed by atoms with Gasteiger partial charge in [0.25, 0.3) is 0 Å². The van der Waals surface area contributed by atoms with Crippen LogP contribution in [0.4, 0.5) is 4.79 Å². The van der Waals surface area contributed by atoms with Crippen molar-refractivity contribution in [3.05, 3.63) is 0 Å². The van der Waals surface area contributed by atoms with E-state index in [1.807, 2.05) is 0 Å². The van der Waals surface area contributed by atoms with E-state index in [0.29, 0.717) is 18.9 Å². The van der Waals surface area contributed by atoms with Crippen molar-refractivity contribution in [2.75, 3.05) is 18.1 Å². The van der Waals surface area contributed by atoms with Crippen molar-refractivity contribution in [2.45, 2.75) is 52.0 Å². The van der Waals surface area contributed by atoms with Gasteiger partial charge in [-0.2, -0.15) is 0 Å². The van der Waals surface area contributed by atoms with Crippen molar-refractivity contribution in [1.29, 1.82) is 0 Å². The molecule has 2 N–H and O–H groups in total. The van der Waals surface area contributed by atoms with E-state index in [-0.39, 0.29) is 23.6 Å². The highest BCUT2D eigenvalue weighted by Gasteiger charge is 2.28. The summed E-state index contributed by atoms with van der Waals surface area (Å²) in [5.41, 5.74) is 0. The van der Waals surface area contributed by atoms with E-state index < -0.39 is 9.84 Å². The summed E-state index contributed by atoms with van der Waals surface area (Å²) in [4.78, 5) is 11.7. The number of carbonyl (C=O) groups is 1. The van der Waals surface area contributed by atoms with Gasteiger partial charge in [0.2, 0.25) is 0 Å². The van der Waals surface area contributed by atoms with Crippen LogP contribution in [0.1, 0.15) is 46.0 Å². The zero-order valence-electron chi connectivity index (χ0n) is 11.9. The number of hydrogen-bond acceptors (Lipinski definition) is 3. The van der Waals surface area contributed by atoms with E-state index in [9.17, 15) is 13.2 Å². The van der Waals surface area contributed by atoms with Gasteiger partial charge in [0.1, 0.15) is 0 Å². The first-order chi connectivity index (χ1) is 8.96. The van der Waals surface area contributed by atoms with Crippen LogP contribution in [-0.2, 0) is 9.84 Å². The first-order valence-corrected chi connectivity index (χ1v) is 9.03. The molecule has 0 aromatic carbocycles. The maximum atomic E-state index is 11.7. The molecule has 2 atom stereocenters. The summed E-state index contributed by atoms with van der Waals surface area (Å²) in [6.45, 7) is 4.96. The summed E-state index contributed by atoms with van der Waals surface area (Å²) in [5, 5.41) is 5.59. The minimum absolute atomic E-state index is 0.0768. The predicted octanol–water partition coefficient (Wildman–Crippen LogP) is 1.69. The van der Waals surface area contributed by atoms with Gasteiger partial charge in [-0.05, 0) is 18.8 Å². The Hall–Kier alpha value is -0.780. The second-order valence-electron chi connectivity index (χ2n) is 5.37. The molecule has 1 aliphatic rings. The van der Waals surface area contributed by atoms with Gasteiger partial charge in [-0.1, -0.05) is 33.1 Å². The third-order valence-electron chi connectivity index (χ3n) is 3.66. The van der Waals surface area contributed by atoms with Gasteiger partial charge in [-0.25, -0.2) is 13.2 Å². The second kappa shape index (κ2) is 7.72. The molecule has 0 radical (unpaired) electrons. The smallest absolute Gasteiger partial charge is 0.315 e. The quantitative estimate of drug-likeness (QED) is 0.749. The Balaban J connectivity index is 2.24. The number of hydrogen-bond donors (Lipinski definition) is 2. The Morgan fingerprint density at radius 3 is 2.63 bits per heavy atom. The van der Waals surface area contributed by atoms with E-state index in [4.69, 9.17) is 0 Å². The summed E-state index contributed by atoms with van der Waals surface area (Å²) >= 11 is 0. The second-order valence-corrected chi connectivity index (χ2v) is 7.60. The molecule has 5 nitrogen and oxygen atoms in total. The Labute approximate surface area is 116 Å². The first kappa shape index (κ1) is 16.3. The van der Waals surface area contributed by atoms with Crippen LogP contribution in [-0.4, -0.2) is 38.5 Å². The molecule has 0 saturated carbocycles. The summed E-state index contributed by atoms with van der Waals surface area (Å²) in [6.07, 6.45) is 5.07. The van der Waals surface area contributed by atoms with Crippen LogP contribution in [0.15, 0.2) is 0 Å². The van der Waals surface area contributed by atoms with Crippen LogP contribution in [0, 0.1) is 5.92 Å².